The number of pyridine rings is 1. The molecule has 2 aromatic heterocycles. The van der Waals surface area contributed by atoms with E-state index in [1.54, 1.807) is 41.6 Å². The Hall–Kier alpha value is -3.91. The topological polar surface area (TPSA) is 83.5 Å². The standard InChI is InChI=1S/C26H22N4O3S/c1-2-17-8-9-21-22(13-17)34-26(28-21)29(16-18-5-4-12-27-15-18)25(33)19-6-3-7-20(14-19)30-23(31)10-11-24(30)32/h3-9,12-15H,2,10-11,16H2,1H3. The number of hydrogen-bond donors (Lipinski definition) is 0. The molecule has 0 aliphatic carbocycles. The van der Waals surface area contributed by atoms with Crippen molar-refractivity contribution in [3.63, 3.8) is 0 Å². The zero-order valence-electron chi connectivity index (χ0n) is 18.6. The van der Waals surface area contributed by atoms with Gasteiger partial charge in [-0.15, -0.1) is 0 Å². The van der Waals surface area contributed by atoms with Crippen molar-refractivity contribution in [3.8, 4) is 0 Å². The quantitative estimate of drug-likeness (QED) is 0.380. The van der Waals surface area contributed by atoms with E-state index in [4.69, 9.17) is 4.98 Å². The van der Waals surface area contributed by atoms with Crippen molar-refractivity contribution >= 4 is 50.1 Å². The summed E-state index contributed by atoms with van der Waals surface area (Å²) in [6.45, 7) is 2.39. The summed E-state index contributed by atoms with van der Waals surface area (Å²) in [5.74, 6) is -0.765. The molecule has 5 rings (SSSR count). The molecule has 0 N–H and O–H groups in total. The van der Waals surface area contributed by atoms with Crippen LogP contribution < -0.4 is 9.80 Å². The molecule has 1 fully saturated rings. The van der Waals surface area contributed by atoms with E-state index in [9.17, 15) is 14.4 Å². The van der Waals surface area contributed by atoms with Crippen molar-refractivity contribution in [2.45, 2.75) is 32.7 Å². The van der Waals surface area contributed by atoms with Crippen molar-refractivity contribution in [1.82, 2.24) is 9.97 Å². The van der Waals surface area contributed by atoms with Crippen LogP contribution in [0.3, 0.4) is 0 Å². The summed E-state index contributed by atoms with van der Waals surface area (Å²) in [7, 11) is 0. The smallest absolute Gasteiger partial charge is 0.260 e. The number of nitrogens with zero attached hydrogens (tertiary/aromatic N) is 4. The Bertz CT molecular complexity index is 1380. The van der Waals surface area contributed by atoms with Crippen LogP contribution in [0, 0.1) is 0 Å². The van der Waals surface area contributed by atoms with Gasteiger partial charge in [0.2, 0.25) is 11.8 Å². The number of fused-ring (bicyclic) bond motifs is 1. The molecular formula is C26H22N4O3S. The van der Waals surface area contributed by atoms with E-state index < -0.39 is 0 Å². The van der Waals surface area contributed by atoms with Crippen molar-refractivity contribution in [3.05, 3.63) is 83.7 Å². The minimum absolute atomic E-state index is 0.190. The van der Waals surface area contributed by atoms with Gasteiger partial charge in [0.05, 0.1) is 22.4 Å². The van der Waals surface area contributed by atoms with Crippen LogP contribution >= 0.6 is 11.3 Å². The van der Waals surface area contributed by atoms with E-state index in [-0.39, 0.29) is 30.6 Å². The highest BCUT2D eigenvalue weighted by molar-refractivity contribution is 7.22. The number of aromatic nitrogens is 2. The molecule has 170 valence electrons. The van der Waals surface area contributed by atoms with Gasteiger partial charge < -0.3 is 0 Å². The van der Waals surface area contributed by atoms with Crippen LogP contribution in [0.5, 0.6) is 0 Å². The molecule has 0 atom stereocenters. The van der Waals surface area contributed by atoms with E-state index in [2.05, 4.69) is 18.0 Å². The molecule has 0 unspecified atom stereocenters. The fourth-order valence-electron chi connectivity index (χ4n) is 3.99. The summed E-state index contributed by atoms with van der Waals surface area (Å²) in [6, 6.07) is 16.5. The van der Waals surface area contributed by atoms with Gasteiger partial charge in [-0.3, -0.25) is 29.2 Å². The second kappa shape index (κ2) is 9.15. The maximum absolute atomic E-state index is 13.8. The number of carbonyl (C=O) groups excluding carboxylic acids is 3. The highest BCUT2D eigenvalue weighted by atomic mass is 32.1. The molecule has 4 aromatic rings. The molecule has 0 radical (unpaired) electrons. The number of imide groups is 1. The molecule has 1 aliphatic heterocycles. The summed E-state index contributed by atoms with van der Waals surface area (Å²) in [6.07, 6.45) is 4.71. The highest BCUT2D eigenvalue weighted by Crippen LogP contribution is 2.32. The first-order valence-corrected chi connectivity index (χ1v) is 11.9. The number of carbonyl (C=O) groups is 3. The number of rotatable bonds is 6. The van der Waals surface area contributed by atoms with Crippen molar-refractivity contribution < 1.29 is 14.4 Å². The minimum Gasteiger partial charge on any atom is -0.279 e. The monoisotopic (exact) mass is 470 g/mol. The summed E-state index contributed by atoms with van der Waals surface area (Å²) >= 11 is 1.46. The first-order valence-electron chi connectivity index (χ1n) is 11.1. The third-order valence-corrected chi connectivity index (χ3v) is 6.83. The van der Waals surface area contributed by atoms with Crippen LogP contribution in [-0.4, -0.2) is 27.7 Å². The Kier molecular flexibility index (Phi) is 5.90. The summed E-state index contributed by atoms with van der Waals surface area (Å²) in [5, 5.41) is 0.579. The van der Waals surface area contributed by atoms with Crippen LogP contribution in [0.25, 0.3) is 10.2 Å². The molecule has 0 bridgehead atoms. The molecule has 7 nitrogen and oxygen atoms in total. The Balaban J connectivity index is 1.54. The lowest BCUT2D eigenvalue weighted by atomic mass is 10.1. The number of benzene rings is 2. The first kappa shape index (κ1) is 21.9. The highest BCUT2D eigenvalue weighted by Gasteiger charge is 2.31. The van der Waals surface area contributed by atoms with Gasteiger partial charge in [0.1, 0.15) is 0 Å². The maximum atomic E-state index is 13.8. The number of thiazole rings is 1. The van der Waals surface area contributed by atoms with Gasteiger partial charge in [-0.25, -0.2) is 4.98 Å². The lowest BCUT2D eigenvalue weighted by Gasteiger charge is -2.21. The summed E-state index contributed by atoms with van der Waals surface area (Å²) < 4.78 is 1.01. The van der Waals surface area contributed by atoms with Crippen molar-refractivity contribution in [1.29, 1.82) is 0 Å². The minimum atomic E-state index is -0.264. The van der Waals surface area contributed by atoms with Crippen LogP contribution in [0.2, 0.25) is 0 Å². The zero-order chi connectivity index (χ0) is 23.7. The van der Waals surface area contributed by atoms with Crippen molar-refractivity contribution in [2.24, 2.45) is 0 Å². The molecule has 1 saturated heterocycles. The van der Waals surface area contributed by atoms with Gasteiger partial charge in [-0.05, 0) is 53.9 Å². The van der Waals surface area contributed by atoms with E-state index in [0.717, 1.165) is 27.1 Å². The van der Waals surface area contributed by atoms with Gasteiger partial charge in [0, 0.05) is 30.8 Å². The predicted octanol–water partition coefficient (Wildman–Crippen LogP) is 4.75. The van der Waals surface area contributed by atoms with E-state index in [1.165, 1.54) is 16.9 Å². The van der Waals surface area contributed by atoms with Crippen molar-refractivity contribution in [2.75, 3.05) is 9.80 Å². The SMILES string of the molecule is CCc1ccc2nc(N(Cc3cccnc3)C(=O)c3cccc(N4C(=O)CCC4=O)c3)sc2c1. The lowest BCUT2D eigenvalue weighted by molar-refractivity contribution is -0.121. The predicted molar refractivity (Wildman–Crippen MR) is 132 cm³/mol. The van der Waals surface area contributed by atoms with Gasteiger partial charge in [0.15, 0.2) is 5.13 Å². The molecule has 3 heterocycles. The third-order valence-electron chi connectivity index (χ3n) is 5.79. The van der Waals surface area contributed by atoms with E-state index in [0.29, 0.717) is 22.9 Å². The number of amides is 3. The maximum Gasteiger partial charge on any atom is 0.260 e. The van der Waals surface area contributed by atoms with Gasteiger partial charge >= 0.3 is 0 Å². The molecule has 1 aliphatic rings. The third kappa shape index (κ3) is 4.20. The molecule has 8 heteroatoms. The number of aryl methyl sites for hydroxylation is 1. The molecule has 0 spiro atoms. The van der Waals surface area contributed by atoms with E-state index >= 15 is 0 Å². The Morgan fingerprint density at radius 3 is 2.59 bits per heavy atom. The van der Waals surface area contributed by atoms with Crippen LogP contribution in [0.4, 0.5) is 10.8 Å². The molecule has 3 amide bonds. The summed E-state index contributed by atoms with van der Waals surface area (Å²) in [5.41, 5.74) is 3.70. The molecular weight excluding hydrogens is 448 g/mol. The zero-order valence-corrected chi connectivity index (χ0v) is 19.4. The second-order valence-corrected chi connectivity index (χ2v) is 9.09. The fraction of sp³-hybridized carbons (Fsp3) is 0.192. The number of hydrogen-bond acceptors (Lipinski definition) is 6. The Labute approximate surface area is 200 Å². The lowest BCUT2D eigenvalue weighted by Crippen LogP contribution is -2.31. The van der Waals surface area contributed by atoms with E-state index in [1.807, 2.05) is 24.3 Å². The normalized spacial score (nSPS) is 13.6. The second-order valence-electron chi connectivity index (χ2n) is 8.08. The van der Waals surface area contributed by atoms with Gasteiger partial charge in [0.25, 0.3) is 5.91 Å². The van der Waals surface area contributed by atoms with Crippen LogP contribution in [-0.2, 0) is 22.6 Å². The fourth-order valence-corrected chi connectivity index (χ4v) is 5.02. The molecule has 2 aromatic carbocycles. The molecule has 0 saturated carbocycles. The Morgan fingerprint density at radius 2 is 1.85 bits per heavy atom. The molecule has 34 heavy (non-hydrogen) atoms. The van der Waals surface area contributed by atoms with Crippen LogP contribution in [0.1, 0.15) is 41.3 Å². The largest absolute Gasteiger partial charge is 0.279 e. The Morgan fingerprint density at radius 1 is 1.03 bits per heavy atom. The van der Waals surface area contributed by atoms with Gasteiger partial charge in [-0.1, -0.05) is 36.5 Å². The van der Waals surface area contributed by atoms with Gasteiger partial charge in [-0.2, -0.15) is 0 Å². The average Bonchev–Trinajstić information content (AvgIpc) is 3.44. The first-order chi connectivity index (χ1) is 16.5. The summed E-state index contributed by atoms with van der Waals surface area (Å²) in [4.78, 5) is 49.9. The number of anilines is 2. The average molecular weight is 471 g/mol. The van der Waals surface area contributed by atoms with Crippen LogP contribution in [0.15, 0.2) is 67.0 Å².